The minimum atomic E-state index is -1.01. The number of aliphatic carboxylic acids is 1. The van der Waals surface area contributed by atoms with Crippen LogP contribution in [-0.2, 0) is 9.59 Å². The highest BCUT2D eigenvalue weighted by molar-refractivity contribution is 9.10. The van der Waals surface area contributed by atoms with Crippen molar-refractivity contribution >= 4 is 27.7 Å². The summed E-state index contributed by atoms with van der Waals surface area (Å²) < 4.78 is 6.84. The quantitative estimate of drug-likeness (QED) is 0.524. The zero-order chi connectivity index (χ0) is 23.8. The molecule has 0 spiro atoms. The van der Waals surface area contributed by atoms with Gasteiger partial charge in [0.2, 0.25) is 0 Å². The second-order valence-corrected chi connectivity index (χ2v) is 12.2. The monoisotopic (exact) mass is 520 g/mol. The van der Waals surface area contributed by atoms with Gasteiger partial charge in [-0.3, -0.25) is 9.59 Å². The smallest absolute Gasteiger partial charge is 0.303 e. The summed E-state index contributed by atoms with van der Waals surface area (Å²) in [6, 6.07) is 2.00. The normalized spacial score (nSPS) is 44.6. The minimum absolute atomic E-state index is 0.0163. The van der Waals surface area contributed by atoms with Crippen LogP contribution in [0.1, 0.15) is 76.9 Å². The molecule has 4 aliphatic carbocycles. The summed E-state index contributed by atoms with van der Waals surface area (Å²) in [4.78, 5) is 23.7. The molecule has 0 aliphatic heterocycles. The third-order valence-corrected chi connectivity index (χ3v) is 10.6. The van der Waals surface area contributed by atoms with Crippen LogP contribution in [0.2, 0.25) is 0 Å². The molecule has 33 heavy (non-hydrogen) atoms. The van der Waals surface area contributed by atoms with Crippen LogP contribution in [-0.4, -0.2) is 38.8 Å². The number of hydrogen-bond donors (Lipinski definition) is 3. The number of aliphatic hydroxyl groups is 2. The maximum absolute atomic E-state index is 12.4. The number of ketones is 1. The lowest BCUT2D eigenvalue weighted by molar-refractivity contribution is -0.157. The fraction of sp³-hybridized carbons (Fsp3) is 0.692. The Morgan fingerprint density at radius 1 is 1.21 bits per heavy atom. The van der Waals surface area contributed by atoms with Crippen molar-refractivity contribution in [2.75, 3.05) is 0 Å². The highest BCUT2D eigenvalue weighted by Gasteiger charge is 2.67. The van der Waals surface area contributed by atoms with E-state index in [9.17, 15) is 24.9 Å². The molecule has 4 aliphatic rings. The molecule has 1 aromatic rings. The highest BCUT2D eigenvalue weighted by atomic mass is 79.9. The largest absolute Gasteiger partial charge is 0.481 e. The van der Waals surface area contributed by atoms with Gasteiger partial charge in [0.25, 0.3) is 0 Å². The first-order valence-corrected chi connectivity index (χ1v) is 12.9. The van der Waals surface area contributed by atoms with Crippen LogP contribution in [0.25, 0.3) is 0 Å². The van der Waals surface area contributed by atoms with Crippen molar-refractivity contribution in [1.29, 1.82) is 0 Å². The summed E-state index contributed by atoms with van der Waals surface area (Å²) in [5.74, 6) is 0.546. The Kier molecular flexibility index (Phi) is 5.50. The van der Waals surface area contributed by atoms with E-state index in [1.54, 1.807) is 12.3 Å². The number of carboxylic acid groups (broad SMARTS) is 1. The molecule has 3 fully saturated rings. The number of carbonyl (C=O) groups is 2. The van der Waals surface area contributed by atoms with Crippen molar-refractivity contribution in [2.45, 2.75) is 82.8 Å². The summed E-state index contributed by atoms with van der Waals surface area (Å²) in [7, 11) is 0. The van der Waals surface area contributed by atoms with E-state index in [2.05, 4.69) is 29.8 Å². The Morgan fingerprint density at radius 3 is 2.61 bits per heavy atom. The molecule has 3 N–H and O–H groups in total. The maximum Gasteiger partial charge on any atom is 0.303 e. The van der Waals surface area contributed by atoms with Crippen LogP contribution in [0.5, 0.6) is 0 Å². The van der Waals surface area contributed by atoms with E-state index in [1.165, 1.54) is 0 Å². The standard InChI is InChI=1S/C26H33BrO6/c1-24-6-3-19-23(18(24)4-7-26(24,32)8-5-22(30)31)17(20-11-15(27)13-33-20)10-14-9-16(28)12-21(29)25(14,19)2/h9,11,13,17-19,21,23,29,32H,3-8,10,12H2,1-2H3,(H,30,31)/t17-,18-,19-,21-,23-,24-,25-,26+/m0/s1. The first-order chi connectivity index (χ1) is 15.5. The molecular formula is C26H33BrO6. The molecule has 5 rings (SSSR count). The van der Waals surface area contributed by atoms with Crippen LogP contribution in [0, 0.1) is 28.6 Å². The van der Waals surface area contributed by atoms with E-state index in [0.29, 0.717) is 12.8 Å². The highest BCUT2D eigenvalue weighted by Crippen LogP contribution is 2.70. The van der Waals surface area contributed by atoms with Crippen LogP contribution in [0.15, 0.2) is 32.9 Å². The van der Waals surface area contributed by atoms with Crippen molar-refractivity contribution < 1.29 is 29.3 Å². The van der Waals surface area contributed by atoms with Crippen molar-refractivity contribution in [2.24, 2.45) is 28.6 Å². The van der Waals surface area contributed by atoms with Gasteiger partial charge >= 0.3 is 5.97 Å². The van der Waals surface area contributed by atoms with Crippen molar-refractivity contribution in [3.8, 4) is 0 Å². The lowest BCUT2D eigenvalue weighted by Gasteiger charge is -2.62. The summed E-state index contributed by atoms with van der Waals surface area (Å²) in [6.45, 7) is 4.27. The molecule has 7 heteroatoms. The first kappa shape index (κ1) is 23.3. The Labute approximate surface area is 202 Å². The number of rotatable bonds is 4. The molecule has 3 saturated carbocycles. The molecule has 0 bridgehead atoms. The number of carboxylic acids is 1. The van der Waals surface area contributed by atoms with Crippen LogP contribution >= 0.6 is 15.9 Å². The summed E-state index contributed by atoms with van der Waals surface area (Å²) in [5, 5.41) is 32.2. The molecular weight excluding hydrogens is 488 g/mol. The molecule has 0 amide bonds. The SMILES string of the molecule is C[C@@]12C(=CC(=O)C[C@@H]1O)C[C@@H](c1cc(Br)co1)[C@@H]1[C@@H]2CC[C@@]2(C)[C@H]1CC[C@@]2(O)CCC(=O)O. The average Bonchev–Trinajstić information content (AvgIpc) is 3.29. The van der Waals surface area contributed by atoms with Gasteiger partial charge in [-0.2, -0.15) is 0 Å². The van der Waals surface area contributed by atoms with Gasteiger partial charge in [0.05, 0.1) is 16.2 Å². The topological polar surface area (TPSA) is 108 Å². The average molecular weight is 521 g/mol. The van der Waals surface area contributed by atoms with Crippen LogP contribution < -0.4 is 0 Å². The second-order valence-electron chi connectivity index (χ2n) is 11.3. The predicted octanol–water partition coefficient (Wildman–Crippen LogP) is 4.83. The van der Waals surface area contributed by atoms with E-state index in [1.807, 2.05) is 6.07 Å². The zero-order valence-corrected chi connectivity index (χ0v) is 20.8. The molecule has 0 saturated heterocycles. The van der Waals surface area contributed by atoms with Gasteiger partial charge in [-0.25, -0.2) is 0 Å². The third kappa shape index (κ3) is 3.33. The number of aliphatic hydroxyl groups excluding tert-OH is 1. The lowest BCUT2D eigenvalue weighted by atomic mass is 9.43. The first-order valence-electron chi connectivity index (χ1n) is 12.1. The summed E-state index contributed by atoms with van der Waals surface area (Å²) >= 11 is 3.51. The van der Waals surface area contributed by atoms with Gasteiger partial charge < -0.3 is 19.7 Å². The van der Waals surface area contributed by atoms with E-state index in [-0.39, 0.29) is 48.7 Å². The fourth-order valence-electron chi connectivity index (χ4n) is 8.27. The van der Waals surface area contributed by atoms with Crippen LogP contribution in [0.4, 0.5) is 0 Å². The van der Waals surface area contributed by atoms with Gasteiger partial charge in [-0.15, -0.1) is 0 Å². The molecule has 180 valence electrons. The van der Waals surface area contributed by atoms with Crippen molar-refractivity contribution in [3.05, 3.63) is 34.2 Å². The molecule has 6 nitrogen and oxygen atoms in total. The Hall–Kier alpha value is -1.44. The van der Waals surface area contributed by atoms with Gasteiger partial charge in [0.15, 0.2) is 5.78 Å². The van der Waals surface area contributed by atoms with Gasteiger partial charge in [0.1, 0.15) is 12.0 Å². The lowest BCUT2D eigenvalue weighted by Crippen LogP contribution is -2.59. The number of carbonyl (C=O) groups excluding carboxylic acids is 1. The van der Waals surface area contributed by atoms with Gasteiger partial charge in [-0.1, -0.05) is 19.4 Å². The maximum atomic E-state index is 12.4. The number of furan rings is 1. The van der Waals surface area contributed by atoms with Crippen molar-refractivity contribution in [1.82, 2.24) is 0 Å². The molecule has 0 unspecified atom stereocenters. The van der Waals surface area contributed by atoms with Crippen LogP contribution in [0.3, 0.4) is 0 Å². The molecule has 8 atom stereocenters. The minimum Gasteiger partial charge on any atom is -0.481 e. The number of fused-ring (bicyclic) bond motifs is 5. The van der Waals surface area contributed by atoms with E-state index in [0.717, 1.165) is 35.1 Å². The number of hydrogen-bond acceptors (Lipinski definition) is 5. The van der Waals surface area contributed by atoms with Gasteiger partial charge in [0, 0.05) is 24.2 Å². The summed E-state index contributed by atoms with van der Waals surface area (Å²) in [5.41, 5.74) is -0.846. The molecule has 1 aromatic heterocycles. The Morgan fingerprint density at radius 2 is 1.94 bits per heavy atom. The molecule has 0 radical (unpaired) electrons. The third-order valence-electron chi connectivity index (χ3n) is 10.1. The summed E-state index contributed by atoms with van der Waals surface area (Å²) in [6.07, 6.45) is 6.82. The Bertz CT molecular complexity index is 1010. The van der Waals surface area contributed by atoms with E-state index < -0.39 is 28.5 Å². The predicted molar refractivity (Wildman–Crippen MR) is 124 cm³/mol. The van der Waals surface area contributed by atoms with E-state index in [4.69, 9.17) is 4.42 Å². The van der Waals surface area contributed by atoms with E-state index >= 15 is 0 Å². The number of halogens is 1. The molecule has 1 heterocycles. The fourth-order valence-corrected chi connectivity index (χ4v) is 8.59. The zero-order valence-electron chi connectivity index (χ0n) is 19.2. The Balaban J connectivity index is 1.59. The van der Waals surface area contributed by atoms with Gasteiger partial charge in [-0.05, 0) is 89.8 Å². The second kappa shape index (κ2) is 7.79. The van der Waals surface area contributed by atoms with Crippen molar-refractivity contribution in [3.63, 3.8) is 0 Å². The molecule has 0 aromatic carbocycles.